The van der Waals surface area contributed by atoms with Gasteiger partial charge in [0, 0.05) is 42.4 Å². The summed E-state index contributed by atoms with van der Waals surface area (Å²) < 4.78 is 8.63. The topological polar surface area (TPSA) is 64.7 Å². The Labute approximate surface area is 303 Å². The van der Waals surface area contributed by atoms with E-state index in [1.165, 1.54) is 15.5 Å². The van der Waals surface area contributed by atoms with E-state index in [4.69, 9.17) is 24.4 Å². The van der Waals surface area contributed by atoms with E-state index in [1.54, 1.807) is 11.3 Å². The first-order valence-electron chi connectivity index (χ1n) is 17.1. The molecule has 3 heterocycles. The van der Waals surface area contributed by atoms with Crippen molar-refractivity contribution in [3.8, 4) is 67.9 Å². The second-order valence-corrected chi connectivity index (χ2v) is 13.7. The zero-order valence-electron chi connectivity index (χ0n) is 27.8. The zero-order chi connectivity index (χ0) is 34.4. The van der Waals surface area contributed by atoms with Gasteiger partial charge in [0.25, 0.3) is 0 Å². The summed E-state index contributed by atoms with van der Waals surface area (Å²) >= 11 is 1.77. The Morgan fingerprint density at radius 3 is 1.58 bits per heavy atom. The Morgan fingerprint density at radius 2 is 0.904 bits per heavy atom. The molecule has 0 bridgehead atoms. The van der Waals surface area contributed by atoms with E-state index in [2.05, 4.69) is 84.9 Å². The molecule has 0 aliphatic carbocycles. The molecule has 10 rings (SSSR count). The average Bonchev–Trinajstić information content (AvgIpc) is 3.83. The van der Waals surface area contributed by atoms with Crippen LogP contribution in [0.4, 0.5) is 0 Å². The molecule has 0 saturated carbocycles. The first-order chi connectivity index (χ1) is 25.7. The summed E-state index contributed by atoms with van der Waals surface area (Å²) in [6, 6.07) is 58.1. The molecular formula is C46H28N4OS. The maximum Gasteiger partial charge on any atom is 0.227 e. The average molecular weight is 685 g/mol. The SMILES string of the molecule is c1ccc(-c2ccc3oc(-c4cccc(-c5cccc6c5sc5c(-c7nc(-c8ccccc8)nc(-c8ccccc8)n7)cccc56)c4)nc3c2)cc1. The molecule has 6 heteroatoms. The summed E-state index contributed by atoms with van der Waals surface area (Å²) in [5.74, 6) is 2.55. The molecule has 52 heavy (non-hydrogen) atoms. The highest BCUT2D eigenvalue weighted by atomic mass is 32.1. The van der Waals surface area contributed by atoms with Crippen LogP contribution in [0.25, 0.3) is 99.1 Å². The predicted octanol–water partition coefficient (Wildman–Crippen LogP) is 12.4. The van der Waals surface area contributed by atoms with Gasteiger partial charge >= 0.3 is 0 Å². The maximum absolute atomic E-state index is 6.29. The second kappa shape index (κ2) is 12.5. The monoisotopic (exact) mass is 684 g/mol. The Balaban J connectivity index is 1.08. The summed E-state index contributed by atoms with van der Waals surface area (Å²) in [6.07, 6.45) is 0. The molecule has 244 valence electrons. The molecule has 5 nitrogen and oxygen atoms in total. The van der Waals surface area contributed by atoms with E-state index in [-0.39, 0.29) is 0 Å². The molecular weight excluding hydrogens is 657 g/mol. The predicted molar refractivity (Wildman–Crippen MR) is 213 cm³/mol. The Morgan fingerprint density at radius 1 is 0.365 bits per heavy atom. The standard InChI is InChI=1S/C46H28N4OS/c1-4-13-29(14-5-1)32-25-26-40-39(28-32)47-46(51-40)34-20-10-19-33(27-34)35-21-11-22-36-37-23-12-24-38(42(37)52-41(35)36)45-49-43(30-15-6-2-7-16-30)48-44(50-45)31-17-8-3-9-18-31/h1-28H. The summed E-state index contributed by atoms with van der Waals surface area (Å²) in [6.45, 7) is 0. The fourth-order valence-electron chi connectivity index (χ4n) is 6.83. The van der Waals surface area contributed by atoms with Gasteiger partial charge in [-0.05, 0) is 52.6 Å². The molecule has 0 unspecified atom stereocenters. The number of hydrogen-bond acceptors (Lipinski definition) is 6. The van der Waals surface area contributed by atoms with Crippen molar-refractivity contribution in [3.05, 3.63) is 170 Å². The molecule has 0 fully saturated rings. The van der Waals surface area contributed by atoms with Crippen LogP contribution in [0.5, 0.6) is 0 Å². The number of benzene rings is 7. The number of hydrogen-bond donors (Lipinski definition) is 0. The Hall–Kier alpha value is -6.76. The molecule has 0 saturated heterocycles. The summed E-state index contributed by atoms with van der Waals surface area (Å²) in [7, 11) is 0. The lowest BCUT2D eigenvalue weighted by Crippen LogP contribution is -2.00. The molecule has 0 aliphatic rings. The van der Waals surface area contributed by atoms with Crippen molar-refractivity contribution >= 4 is 42.6 Å². The van der Waals surface area contributed by atoms with E-state index in [0.717, 1.165) is 60.3 Å². The third kappa shape index (κ3) is 5.34. The lowest BCUT2D eigenvalue weighted by molar-refractivity contribution is 0.620. The minimum atomic E-state index is 0.603. The van der Waals surface area contributed by atoms with Gasteiger partial charge in [-0.15, -0.1) is 11.3 Å². The second-order valence-electron chi connectivity index (χ2n) is 12.7. The first kappa shape index (κ1) is 30.1. The van der Waals surface area contributed by atoms with Crippen LogP contribution < -0.4 is 0 Å². The number of fused-ring (bicyclic) bond motifs is 4. The number of thiophene rings is 1. The van der Waals surface area contributed by atoms with Crippen molar-refractivity contribution in [1.82, 2.24) is 19.9 Å². The van der Waals surface area contributed by atoms with Gasteiger partial charge in [0.2, 0.25) is 5.89 Å². The van der Waals surface area contributed by atoms with Gasteiger partial charge in [-0.3, -0.25) is 0 Å². The van der Waals surface area contributed by atoms with Gasteiger partial charge in [-0.1, -0.05) is 140 Å². The normalized spacial score (nSPS) is 11.5. The number of aromatic nitrogens is 4. The van der Waals surface area contributed by atoms with Crippen molar-refractivity contribution in [3.63, 3.8) is 0 Å². The molecule has 0 atom stereocenters. The molecule has 0 amide bonds. The molecule has 10 aromatic rings. The summed E-state index contributed by atoms with van der Waals surface area (Å²) in [5, 5.41) is 2.37. The van der Waals surface area contributed by atoms with Crippen LogP contribution >= 0.6 is 11.3 Å². The van der Waals surface area contributed by atoms with Crippen molar-refractivity contribution < 1.29 is 4.42 Å². The van der Waals surface area contributed by atoms with Gasteiger partial charge < -0.3 is 4.42 Å². The van der Waals surface area contributed by atoms with Crippen LogP contribution in [0.3, 0.4) is 0 Å². The number of oxazole rings is 1. The summed E-state index contributed by atoms with van der Waals surface area (Å²) in [4.78, 5) is 19.9. The van der Waals surface area contributed by atoms with Crippen LogP contribution in [-0.2, 0) is 0 Å². The van der Waals surface area contributed by atoms with Gasteiger partial charge in [0.1, 0.15) is 5.52 Å². The van der Waals surface area contributed by atoms with Crippen LogP contribution in [0.2, 0.25) is 0 Å². The molecule has 0 aliphatic heterocycles. The molecule has 0 N–H and O–H groups in total. The fourth-order valence-corrected chi connectivity index (χ4v) is 8.18. The van der Waals surface area contributed by atoms with Gasteiger partial charge in [0.05, 0.1) is 0 Å². The van der Waals surface area contributed by atoms with Crippen molar-refractivity contribution in [1.29, 1.82) is 0 Å². The van der Waals surface area contributed by atoms with Gasteiger partial charge in [-0.25, -0.2) is 19.9 Å². The van der Waals surface area contributed by atoms with E-state index < -0.39 is 0 Å². The van der Waals surface area contributed by atoms with Gasteiger partial charge in [-0.2, -0.15) is 0 Å². The Bertz CT molecular complexity index is 2840. The Kier molecular flexibility index (Phi) is 7.25. The molecule has 3 aromatic heterocycles. The van der Waals surface area contributed by atoms with Crippen LogP contribution in [-0.4, -0.2) is 19.9 Å². The summed E-state index contributed by atoms with van der Waals surface area (Å²) in [5.41, 5.74) is 9.93. The quantitative estimate of drug-likeness (QED) is 0.174. The van der Waals surface area contributed by atoms with Crippen LogP contribution in [0.15, 0.2) is 174 Å². The van der Waals surface area contributed by atoms with E-state index in [1.807, 2.05) is 84.9 Å². The largest absolute Gasteiger partial charge is 0.436 e. The number of rotatable bonds is 6. The highest BCUT2D eigenvalue weighted by Crippen LogP contribution is 2.44. The van der Waals surface area contributed by atoms with E-state index in [0.29, 0.717) is 23.4 Å². The highest BCUT2D eigenvalue weighted by molar-refractivity contribution is 7.26. The fraction of sp³-hybridized carbons (Fsp3) is 0. The molecule has 0 radical (unpaired) electrons. The smallest absolute Gasteiger partial charge is 0.227 e. The van der Waals surface area contributed by atoms with Crippen molar-refractivity contribution in [2.45, 2.75) is 0 Å². The van der Waals surface area contributed by atoms with Crippen molar-refractivity contribution in [2.24, 2.45) is 0 Å². The first-order valence-corrected chi connectivity index (χ1v) is 18.0. The highest BCUT2D eigenvalue weighted by Gasteiger charge is 2.19. The number of nitrogens with zero attached hydrogens (tertiary/aromatic N) is 4. The third-order valence-electron chi connectivity index (χ3n) is 9.38. The maximum atomic E-state index is 6.29. The van der Waals surface area contributed by atoms with Crippen LogP contribution in [0, 0.1) is 0 Å². The zero-order valence-corrected chi connectivity index (χ0v) is 28.6. The van der Waals surface area contributed by atoms with E-state index in [9.17, 15) is 0 Å². The van der Waals surface area contributed by atoms with Gasteiger partial charge in [0.15, 0.2) is 23.1 Å². The third-order valence-corrected chi connectivity index (χ3v) is 10.7. The molecule has 7 aromatic carbocycles. The lowest BCUT2D eigenvalue weighted by Gasteiger charge is -2.09. The van der Waals surface area contributed by atoms with Crippen molar-refractivity contribution in [2.75, 3.05) is 0 Å². The minimum absolute atomic E-state index is 0.603. The van der Waals surface area contributed by atoms with Crippen LogP contribution in [0.1, 0.15) is 0 Å². The van der Waals surface area contributed by atoms with E-state index >= 15 is 0 Å². The lowest BCUT2D eigenvalue weighted by atomic mass is 10.0. The minimum Gasteiger partial charge on any atom is -0.436 e. The molecule has 0 spiro atoms.